The van der Waals surface area contributed by atoms with Crippen LogP contribution in [-0.4, -0.2) is 9.91 Å². The highest BCUT2D eigenvalue weighted by atomic mass is 35.5. The number of hydrogen-bond donors (Lipinski definition) is 1. The fourth-order valence-corrected chi connectivity index (χ4v) is 3.41. The van der Waals surface area contributed by atoms with Gasteiger partial charge in [-0.15, -0.1) is 0 Å². The summed E-state index contributed by atoms with van der Waals surface area (Å²) < 4.78 is 0. The van der Waals surface area contributed by atoms with E-state index in [-0.39, 0.29) is 10.7 Å². The first-order valence-electron chi connectivity index (χ1n) is 7.96. The molecule has 0 atom stereocenters. The molecule has 0 unspecified atom stereocenters. The maximum atomic E-state index is 10.9. The third-order valence-electron chi connectivity index (χ3n) is 4.50. The maximum Gasteiger partial charge on any atom is 0.288 e. The number of nitro benzene ring substituents is 1. The molecule has 1 N–H and O–H groups in total. The summed E-state index contributed by atoms with van der Waals surface area (Å²) in [7, 11) is 0. The van der Waals surface area contributed by atoms with Crippen LogP contribution in [0, 0.1) is 24.0 Å². The Balaban J connectivity index is 1.73. The third-order valence-corrected chi connectivity index (χ3v) is 4.81. The maximum absolute atomic E-state index is 10.9. The molecule has 0 aliphatic heterocycles. The monoisotopic (exact) mass is 342 g/mol. The highest BCUT2D eigenvalue weighted by molar-refractivity contribution is 6.32. The Bertz CT molecular complexity index is 915. The minimum absolute atomic E-state index is 0.0231. The number of nitro groups is 1. The van der Waals surface area contributed by atoms with Crippen molar-refractivity contribution in [1.29, 1.82) is 0 Å². The van der Waals surface area contributed by atoms with Gasteiger partial charge in [-0.05, 0) is 61.4 Å². The molecule has 5 heteroatoms. The van der Waals surface area contributed by atoms with Gasteiger partial charge in [-0.3, -0.25) is 10.1 Å². The number of aromatic amines is 1. The number of nitrogens with zero attached hydrogens (tertiary/aromatic N) is 1. The quantitative estimate of drug-likeness (QED) is 0.490. The van der Waals surface area contributed by atoms with Crippen LogP contribution < -0.4 is 0 Å². The molecule has 0 spiro atoms. The lowest BCUT2D eigenvalue weighted by Gasteiger charge is -2.07. The molecule has 2 aromatic carbocycles. The molecule has 0 saturated heterocycles. The van der Waals surface area contributed by atoms with Crippen LogP contribution in [0.15, 0.2) is 36.5 Å². The molecule has 0 radical (unpaired) electrons. The number of nitrogens with one attached hydrogen (secondary N) is 1. The highest BCUT2D eigenvalue weighted by Crippen LogP contribution is 2.29. The first-order chi connectivity index (χ1) is 11.5. The Kier molecular flexibility index (Phi) is 4.58. The van der Waals surface area contributed by atoms with E-state index in [0.29, 0.717) is 0 Å². The van der Waals surface area contributed by atoms with Gasteiger partial charge < -0.3 is 4.98 Å². The van der Waals surface area contributed by atoms with Gasteiger partial charge in [-0.1, -0.05) is 29.8 Å². The van der Waals surface area contributed by atoms with Crippen LogP contribution in [-0.2, 0) is 12.8 Å². The SMILES string of the molecule is Cc1cc([N+](=O)[O-])c(Cl)cc1CCCc1c[nH]c2c(C)cccc12. The number of benzene rings is 2. The molecule has 124 valence electrons. The van der Waals surface area contributed by atoms with E-state index in [2.05, 4.69) is 36.3 Å². The van der Waals surface area contributed by atoms with Crippen LogP contribution in [0.5, 0.6) is 0 Å². The molecular weight excluding hydrogens is 324 g/mol. The first kappa shape index (κ1) is 16.5. The van der Waals surface area contributed by atoms with Crippen LogP contribution in [0.2, 0.25) is 5.02 Å². The lowest BCUT2D eigenvalue weighted by atomic mass is 9.99. The van der Waals surface area contributed by atoms with Gasteiger partial charge in [0.05, 0.1) is 4.92 Å². The minimum atomic E-state index is -0.437. The normalized spacial score (nSPS) is 11.1. The van der Waals surface area contributed by atoms with Crippen molar-refractivity contribution in [3.8, 4) is 0 Å². The van der Waals surface area contributed by atoms with Gasteiger partial charge >= 0.3 is 0 Å². The van der Waals surface area contributed by atoms with E-state index in [0.717, 1.165) is 30.4 Å². The summed E-state index contributed by atoms with van der Waals surface area (Å²) in [5.41, 5.74) is 5.71. The van der Waals surface area contributed by atoms with Crippen molar-refractivity contribution in [2.24, 2.45) is 0 Å². The van der Waals surface area contributed by atoms with E-state index in [1.54, 1.807) is 12.1 Å². The number of aromatic nitrogens is 1. The van der Waals surface area contributed by atoms with Gasteiger partial charge in [0.15, 0.2) is 0 Å². The number of H-pyrrole nitrogens is 1. The van der Waals surface area contributed by atoms with E-state index in [9.17, 15) is 10.1 Å². The topological polar surface area (TPSA) is 58.9 Å². The average Bonchev–Trinajstić information content (AvgIpc) is 2.95. The molecule has 0 bridgehead atoms. The van der Waals surface area contributed by atoms with Crippen LogP contribution in [0.25, 0.3) is 10.9 Å². The second-order valence-electron chi connectivity index (χ2n) is 6.15. The summed E-state index contributed by atoms with van der Waals surface area (Å²) in [6.45, 7) is 4.00. The van der Waals surface area contributed by atoms with E-state index in [1.165, 1.54) is 22.0 Å². The molecule has 4 nitrogen and oxygen atoms in total. The average molecular weight is 343 g/mol. The number of halogens is 1. The molecule has 0 saturated carbocycles. The smallest absolute Gasteiger partial charge is 0.288 e. The number of para-hydroxylation sites is 1. The van der Waals surface area contributed by atoms with Crippen molar-refractivity contribution in [2.75, 3.05) is 0 Å². The molecule has 0 fully saturated rings. The number of hydrogen-bond acceptors (Lipinski definition) is 2. The largest absolute Gasteiger partial charge is 0.361 e. The molecule has 24 heavy (non-hydrogen) atoms. The van der Waals surface area contributed by atoms with Gasteiger partial charge in [0.1, 0.15) is 5.02 Å². The van der Waals surface area contributed by atoms with Crippen LogP contribution in [0.4, 0.5) is 5.69 Å². The molecule has 3 rings (SSSR count). The van der Waals surface area contributed by atoms with Crippen molar-refractivity contribution in [1.82, 2.24) is 4.98 Å². The summed E-state index contributed by atoms with van der Waals surface area (Å²) in [6, 6.07) is 9.61. The predicted molar refractivity (Wildman–Crippen MR) is 97.9 cm³/mol. The second-order valence-corrected chi connectivity index (χ2v) is 6.56. The Morgan fingerprint density at radius 1 is 1.12 bits per heavy atom. The molecule has 1 aromatic heterocycles. The Labute approximate surface area is 145 Å². The molecule has 0 aliphatic carbocycles. The van der Waals surface area contributed by atoms with Gasteiger partial charge in [0.2, 0.25) is 0 Å². The Hall–Kier alpha value is -2.33. The van der Waals surface area contributed by atoms with E-state index >= 15 is 0 Å². The van der Waals surface area contributed by atoms with E-state index in [4.69, 9.17) is 11.6 Å². The molecular formula is C19H19ClN2O2. The summed E-state index contributed by atoms with van der Waals surface area (Å²) in [5.74, 6) is 0. The minimum Gasteiger partial charge on any atom is -0.361 e. The summed E-state index contributed by atoms with van der Waals surface area (Å²) >= 11 is 6.02. The Morgan fingerprint density at radius 2 is 1.88 bits per heavy atom. The highest BCUT2D eigenvalue weighted by Gasteiger charge is 2.15. The zero-order valence-corrected chi connectivity index (χ0v) is 14.5. The fraction of sp³-hybridized carbons (Fsp3) is 0.263. The third kappa shape index (κ3) is 3.15. The van der Waals surface area contributed by atoms with Gasteiger partial charge in [0, 0.05) is 23.2 Å². The first-order valence-corrected chi connectivity index (χ1v) is 8.34. The summed E-state index contributed by atoms with van der Waals surface area (Å²) in [4.78, 5) is 13.8. The fourth-order valence-electron chi connectivity index (χ4n) is 3.16. The predicted octanol–water partition coefficient (Wildman–Crippen LogP) is 5.52. The van der Waals surface area contributed by atoms with Crippen LogP contribution in [0.1, 0.15) is 28.7 Å². The van der Waals surface area contributed by atoms with E-state index in [1.807, 2.05) is 6.92 Å². The second kappa shape index (κ2) is 6.65. The zero-order chi connectivity index (χ0) is 17.3. The number of aryl methyl sites for hydroxylation is 4. The summed E-state index contributed by atoms with van der Waals surface area (Å²) in [5, 5.41) is 12.4. The van der Waals surface area contributed by atoms with Crippen molar-refractivity contribution in [3.05, 3.63) is 73.9 Å². The van der Waals surface area contributed by atoms with Crippen molar-refractivity contribution in [3.63, 3.8) is 0 Å². The number of fused-ring (bicyclic) bond motifs is 1. The van der Waals surface area contributed by atoms with Crippen molar-refractivity contribution < 1.29 is 4.92 Å². The zero-order valence-electron chi connectivity index (χ0n) is 13.7. The van der Waals surface area contributed by atoms with Crippen molar-refractivity contribution in [2.45, 2.75) is 33.1 Å². The molecule has 3 aromatic rings. The van der Waals surface area contributed by atoms with Crippen LogP contribution >= 0.6 is 11.6 Å². The molecule has 0 amide bonds. The van der Waals surface area contributed by atoms with Crippen molar-refractivity contribution >= 4 is 28.2 Å². The summed E-state index contributed by atoms with van der Waals surface area (Å²) in [6.07, 6.45) is 4.85. The lowest BCUT2D eigenvalue weighted by molar-refractivity contribution is -0.384. The van der Waals surface area contributed by atoms with E-state index < -0.39 is 4.92 Å². The van der Waals surface area contributed by atoms with Gasteiger partial charge in [0.25, 0.3) is 5.69 Å². The molecule has 0 aliphatic rings. The van der Waals surface area contributed by atoms with Crippen LogP contribution in [0.3, 0.4) is 0 Å². The van der Waals surface area contributed by atoms with Gasteiger partial charge in [-0.2, -0.15) is 0 Å². The van der Waals surface area contributed by atoms with Gasteiger partial charge in [-0.25, -0.2) is 0 Å². The Morgan fingerprint density at radius 3 is 2.62 bits per heavy atom. The standard InChI is InChI=1S/C19H19ClN2O2/c1-12-5-3-8-16-15(11-21-19(12)16)7-4-6-14-10-17(20)18(22(23)24)9-13(14)2/h3,5,8-11,21H,4,6-7H2,1-2H3. The number of rotatable bonds is 5. The lowest BCUT2D eigenvalue weighted by Crippen LogP contribution is -1.96. The molecule has 1 heterocycles.